The maximum Gasteiger partial charge on any atom is 0.419 e. The van der Waals surface area contributed by atoms with Crippen LogP contribution < -0.4 is 9.80 Å². The van der Waals surface area contributed by atoms with E-state index in [4.69, 9.17) is 0 Å². The lowest BCUT2D eigenvalue weighted by Crippen LogP contribution is -2.46. The summed E-state index contributed by atoms with van der Waals surface area (Å²) < 4.78 is 38.5. The van der Waals surface area contributed by atoms with Crippen LogP contribution in [0.5, 0.6) is 0 Å². The number of hydrogen-bond donors (Lipinski definition) is 1. The van der Waals surface area contributed by atoms with Crippen molar-refractivity contribution in [3.63, 3.8) is 0 Å². The minimum Gasteiger partial charge on any atom is -0.379 e. The number of fused-ring (bicyclic) bond motifs is 1. The first-order valence-corrected chi connectivity index (χ1v) is 9.75. The van der Waals surface area contributed by atoms with E-state index in [0.29, 0.717) is 42.2 Å². The van der Waals surface area contributed by atoms with Crippen molar-refractivity contribution in [3.05, 3.63) is 22.3 Å². The number of nitrogens with zero attached hydrogens (tertiary/aromatic N) is 6. The van der Waals surface area contributed by atoms with Gasteiger partial charge in [0, 0.05) is 31.1 Å². The van der Waals surface area contributed by atoms with Gasteiger partial charge in [0.25, 0.3) is 0 Å². The highest BCUT2D eigenvalue weighted by Gasteiger charge is 2.40. The Labute approximate surface area is 160 Å². The quantitative estimate of drug-likeness (QED) is 0.703. The molecule has 3 aromatic heterocycles. The zero-order valence-corrected chi connectivity index (χ0v) is 15.8. The van der Waals surface area contributed by atoms with Gasteiger partial charge in [-0.2, -0.15) is 13.2 Å². The highest BCUT2D eigenvalue weighted by Crippen LogP contribution is 2.40. The van der Waals surface area contributed by atoms with Gasteiger partial charge in [0.05, 0.1) is 5.39 Å². The zero-order chi connectivity index (χ0) is 19.2. The molecule has 3 aromatic rings. The van der Waals surface area contributed by atoms with Crippen LogP contribution in [0.3, 0.4) is 0 Å². The molecule has 0 radical (unpaired) electrons. The molecular weight excluding hydrogens is 401 g/mol. The standard InChI is InChI=1S/C15H15F3N6OS2/c1-8-21-22-14(26-8)24-4-2-23(3-5-24)12-9-6-10(11(25)15(16,17)18)27-13(9)20-7-19-12/h6-7,11,25H,2-5H2,1H3. The molecule has 4 heterocycles. The molecule has 12 heteroatoms. The number of halogens is 3. The number of alkyl halides is 3. The molecule has 144 valence electrons. The van der Waals surface area contributed by atoms with Crippen LogP contribution in [0.15, 0.2) is 12.4 Å². The molecule has 1 aliphatic heterocycles. The topological polar surface area (TPSA) is 78.3 Å². The summed E-state index contributed by atoms with van der Waals surface area (Å²) in [5.74, 6) is 0.588. The molecule has 7 nitrogen and oxygen atoms in total. The molecule has 0 bridgehead atoms. The van der Waals surface area contributed by atoms with Gasteiger partial charge in [0.1, 0.15) is 22.0 Å². The number of aliphatic hydroxyl groups excluding tert-OH is 1. The molecule has 1 aliphatic rings. The van der Waals surface area contributed by atoms with Crippen LogP contribution in [0, 0.1) is 6.92 Å². The maximum atomic E-state index is 12.8. The van der Waals surface area contributed by atoms with Crippen LogP contribution in [0.25, 0.3) is 10.2 Å². The minimum absolute atomic E-state index is 0.178. The first-order chi connectivity index (χ1) is 12.8. The number of thiophene rings is 1. The fraction of sp³-hybridized carbons (Fsp3) is 0.467. The summed E-state index contributed by atoms with van der Waals surface area (Å²) in [5, 5.41) is 20.0. The lowest BCUT2D eigenvalue weighted by molar-refractivity contribution is -0.205. The van der Waals surface area contributed by atoms with Crippen molar-refractivity contribution in [1.82, 2.24) is 20.2 Å². The van der Waals surface area contributed by atoms with Crippen LogP contribution >= 0.6 is 22.7 Å². The van der Waals surface area contributed by atoms with Gasteiger partial charge in [-0.05, 0) is 13.0 Å². The molecule has 4 rings (SSSR count). The molecule has 1 unspecified atom stereocenters. The van der Waals surface area contributed by atoms with Crippen LogP contribution in [-0.2, 0) is 0 Å². The van der Waals surface area contributed by atoms with Crippen molar-refractivity contribution in [2.45, 2.75) is 19.2 Å². The van der Waals surface area contributed by atoms with E-state index in [2.05, 4.69) is 25.1 Å². The van der Waals surface area contributed by atoms with E-state index in [1.165, 1.54) is 23.7 Å². The SMILES string of the molecule is Cc1nnc(N2CCN(c3ncnc4sc(C(O)C(F)(F)F)cc34)CC2)s1. The van der Waals surface area contributed by atoms with Crippen molar-refractivity contribution in [2.24, 2.45) is 0 Å². The van der Waals surface area contributed by atoms with Gasteiger partial charge in [0.15, 0.2) is 6.10 Å². The largest absolute Gasteiger partial charge is 0.419 e. The van der Waals surface area contributed by atoms with Crippen LogP contribution in [0.1, 0.15) is 16.0 Å². The molecule has 27 heavy (non-hydrogen) atoms. The number of piperazine rings is 1. The first-order valence-electron chi connectivity index (χ1n) is 8.12. The summed E-state index contributed by atoms with van der Waals surface area (Å²) in [6, 6.07) is 1.34. The van der Waals surface area contributed by atoms with Gasteiger partial charge in [-0.15, -0.1) is 21.5 Å². The molecule has 1 fully saturated rings. The summed E-state index contributed by atoms with van der Waals surface area (Å²) >= 11 is 2.37. The maximum absolute atomic E-state index is 12.8. The van der Waals surface area contributed by atoms with E-state index < -0.39 is 12.3 Å². The third-order valence-electron chi connectivity index (χ3n) is 4.27. The highest BCUT2D eigenvalue weighted by atomic mass is 32.1. The van der Waals surface area contributed by atoms with Gasteiger partial charge in [-0.25, -0.2) is 9.97 Å². The Morgan fingerprint density at radius 1 is 1.07 bits per heavy atom. The van der Waals surface area contributed by atoms with Gasteiger partial charge in [0.2, 0.25) is 5.13 Å². The fourth-order valence-corrected chi connectivity index (χ4v) is 4.68. The molecule has 0 aliphatic carbocycles. The number of aliphatic hydroxyl groups is 1. The summed E-state index contributed by atoms with van der Waals surface area (Å²) in [6.07, 6.45) is -5.87. The average molecular weight is 416 g/mol. The summed E-state index contributed by atoms with van der Waals surface area (Å²) in [6.45, 7) is 4.62. The highest BCUT2D eigenvalue weighted by molar-refractivity contribution is 7.18. The van der Waals surface area contributed by atoms with Crippen LogP contribution in [-0.4, -0.2) is 57.6 Å². The first kappa shape index (κ1) is 18.3. The molecule has 0 saturated carbocycles. The number of rotatable bonds is 3. The normalized spacial score (nSPS) is 16.9. The summed E-state index contributed by atoms with van der Waals surface area (Å²) in [7, 11) is 0. The van der Waals surface area contributed by atoms with Gasteiger partial charge < -0.3 is 14.9 Å². The minimum atomic E-state index is -4.71. The van der Waals surface area contributed by atoms with E-state index in [9.17, 15) is 18.3 Å². The van der Waals surface area contributed by atoms with E-state index >= 15 is 0 Å². The van der Waals surface area contributed by atoms with Crippen LogP contribution in [0.2, 0.25) is 0 Å². The van der Waals surface area contributed by atoms with Gasteiger partial charge >= 0.3 is 6.18 Å². The Bertz CT molecular complexity index is 951. The molecule has 0 aromatic carbocycles. The molecule has 1 atom stereocenters. The van der Waals surface area contributed by atoms with E-state index in [1.54, 1.807) is 0 Å². The number of hydrogen-bond acceptors (Lipinski definition) is 9. The lowest BCUT2D eigenvalue weighted by Gasteiger charge is -2.35. The van der Waals surface area contributed by atoms with E-state index in [1.807, 2.05) is 11.8 Å². The van der Waals surface area contributed by atoms with Crippen molar-refractivity contribution in [3.8, 4) is 0 Å². The zero-order valence-electron chi connectivity index (χ0n) is 14.1. The third-order valence-corrected chi connectivity index (χ3v) is 6.27. The van der Waals surface area contributed by atoms with Crippen molar-refractivity contribution in [2.75, 3.05) is 36.0 Å². The monoisotopic (exact) mass is 416 g/mol. The Hall–Kier alpha value is -2.05. The van der Waals surface area contributed by atoms with Gasteiger partial charge in [-0.1, -0.05) is 11.3 Å². The molecule has 1 N–H and O–H groups in total. The second-order valence-corrected chi connectivity index (χ2v) is 8.31. The number of aryl methyl sites for hydroxylation is 1. The second-order valence-electron chi connectivity index (χ2n) is 6.09. The Morgan fingerprint density at radius 3 is 2.41 bits per heavy atom. The predicted molar refractivity (Wildman–Crippen MR) is 97.5 cm³/mol. The van der Waals surface area contributed by atoms with Crippen molar-refractivity contribution in [1.29, 1.82) is 0 Å². The Balaban J connectivity index is 1.56. The average Bonchev–Trinajstić information content (AvgIpc) is 3.26. The number of anilines is 2. The fourth-order valence-electron chi connectivity index (χ4n) is 2.93. The second kappa shape index (κ2) is 6.84. The molecule has 0 spiro atoms. The Kier molecular flexibility index (Phi) is 4.64. The van der Waals surface area contributed by atoms with Gasteiger partial charge in [-0.3, -0.25) is 0 Å². The van der Waals surface area contributed by atoms with Crippen molar-refractivity contribution < 1.29 is 18.3 Å². The predicted octanol–water partition coefficient (Wildman–Crippen LogP) is 2.77. The summed E-state index contributed by atoms with van der Waals surface area (Å²) in [4.78, 5) is 12.7. The lowest BCUT2D eigenvalue weighted by atomic mass is 10.2. The van der Waals surface area contributed by atoms with Crippen molar-refractivity contribution >= 4 is 43.8 Å². The molecule has 1 saturated heterocycles. The number of aromatic nitrogens is 4. The van der Waals surface area contributed by atoms with E-state index in [0.717, 1.165) is 21.5 Å². The van der Waals surface area contributed by atoms with Crippen LogP contribution in [0.4, 0.5) is 24.1 Å². The third kappa shape index (κ3) is 3.56. The molecular formula is C15H15F3N6OS2. The molecule has 0 amide bonds. The summed E-state index contributed by atoms with van der Waals surface area (Å²) in [5.41, 5.74) is 0. The smallest absolute Gasteiger partial charge is 0.379 e. The Morgan fingerprint density at radius 2 is 1.78 bits per heavy atom. The van der Waals surface area contributed by atoms with E-state index in [-0.39, 0.29) is 4.88 Å².